The Kier molecular flexibility index (Phi) is 5.73. The SMILES string of the molecule is O=C(C1CCC1)N1CCN(c2cc([C@H]3CCOC3)nc(NCCO)n2)CC1. The summed E-state index contributed by atoms with van der Waals surface area (Å²) in [6, 6.07) is 2.06. The van der Waals surface area contributed by atoms with Crippen molar-refractivity contribution >= 4 is 17.7 Å². The van der Waals surface area contributed by atoms with Gasteiger partial charge in [-0.05, 0) is 19.3 Å². The van der Waals surface area contributed by atoms with E-state index in [9.17, 15) is 4.79 Å². The van der Waals surface area contributed by atoms with Crippen LogP contribution in [0.15, 0.2) is 6.07 Å². The molecule has 0 unspecified atom stereocenters. The molecule has 4 rings (SSSR count). The Morgan fingerprint density at radius 2 is 2.04 bits per heavy atom. The van der Waals surface area contributed by atoms with Gasteiger partial charge in [-0.25, -0.2) is 4.98 Å². The number of aromatic nitrogens is 2. The maximum Gasteiger partial charge on any atom is 0.225 e. The first kappa shape index (κ1) is 18.4. The van der Waals surface area contributed by atoms with Crippen LogP contribution in [0.1, 0.15) is 37.3 Å². The van der Waals surface area contributed by atoms with Gasteiger partial charge in [0.2, 0.25) is 11.9 Å². The lowest BCUT2D eigenvalue weighted by atomic mass is 9.84. The van der Waals surface area contributed by atoms with Crippen LogP contribution in [-0.4, -0.2) is 78.4 Å². The molecule has 1 amide bonds. The Hall–Kier alpha value is -1.93. The van der Waals surface area contributed by atoms with Gasteiger partial charge in [-0.3, -0.25) is 4.79 Å². The predicted octanol–water partition coefficient (Wildman–Crippen LogP) is 0.833. The lowest BCUT2D eigenvalue weighted by Gasteiger charge is -2.38. The van der Waals surface area contributed by atoms with Crippen LogP contribution in [0.4, 0.5) is 11.8 Å². The molecular weight excluding hydrogens is 346 g/mol. The van der Waals surface area contributed by atoms with Crippen molar-refractivity contribution in [1.82, 2.24) is 14.9 Å². The molecule has 8 heteroatoms. The third kappa shape index (κ3) is 4.16. The zero-order valence-corrected chi connectivity index (χ0v) is 15.8. The highest BCUT2D eigenvalue weighted by molar-refractivity contribution is 5.79. The first-order valence-electron chi connectivity index (χ1n) is 10.1. The lowest BCUT2D eigenvalue weighted by Crippen LogP contribution is -2.51. The summed E-state index contributed by atoms with van der Waals surface area (Å²) in [5.74, 6) is 2.33. The number of piperazine rings is 1. The molecule has 0 radical (unpaired) electrons. The maximum absolute atomic E-state index is 12.5. The number of anilines is 2. The normalized spacial score (nSPS) is 23.4. The molecule has 8 nitrogen and oxygen atoms in total. The summed E-state index contributed by atoms with van der Waals surface area (Å²) in [4.78, 5) is 26.0. The van der Waals surface area contributed by atoms with Crippen LogP contribution in [0, 0.1) is 5.92 Å². The van der Waals surface area contributed by atoms with Crippen LogP contribution in [0.25, 0.3) is 0 Å². The highest BCUT2D eigenvalue weighted by Crippen LogP contribution is 2.30. The lowest BCUT2D eigenvalue weighted by molar-refractivity contribution is -0.138. The second-order valence-corrected chi connectivity index (χ2v) is 7.63. The van der Waals surface area contributed by atoms with Gasteiger partial charge in [-0.2, -0.15) is 4.98 Å². The van der Waals surface area contributed by atoms with Gasteiger partial charge in [0.15, 0.2) is 0 Å². The Morgan fingerprint density at radius 3 is 2.67 bits per heavy atom. The van der Waals surface area contributed by atoms with E-state index in [1.54, 1.807) is 0 Å². The van der Waals surface area contributed by atoms with Crippen molar-refractivity contribution in [3.8, 4) is 0 Å². The Bertz CT molecular complexity index is 653. The first-order chi connectivity index (χ1) is 13.2. The topological polar surface area (TPSA) is 90.8 Å². The van der Waals surface area contributed by atoms with Crippen LogP contribution in [0.2, 0.25) is 0 Å². The number of rotatable bonds is 6. The van der Waals surface area contributed by atoms with E-state index < -0.39 is 0 Å². The number of nitrogens with zero attached hydrogens (tertiary/aromatic N) is 4. The van der Waals surface area contributed by atoms with Crippen molar-refractivity contribution in [2.45, 2.75) is 31.6 Å². The molecule has 148 valence electrons. The van der Waals surface area contributed by atoms with Gasteiger partial charge < -0.3 is 25.0 Å². The average Bonchev–Trinajstić information content (AvgIpc) is 3.20. The summed E-state index contributed by atoms with van der Waals surface area (Å²) in [6.45, 7) is 5.00. The highest BCUT2D eigenvalue weighted by atomic mass is 16.5. The molecule has 0 spiro atoms. The molecule has 1 aromatic rings. The zero-order chi connectivity index (χ0) is 18.6. The fourth-order valence-electron chi connectivity index (χ4n) is 3.91. The second-order valence-electron chi connectivity index (χ2n) is 7.63. The molecule has 0 bridgehead atoms. The zero-order valence-electron chi connectivity index (χ0n) is 15.8. The first-order valence-corrected chi connectivity index (χ1v) is 10.1. The molecule has 1 aliphatic carbocycles. The third-order valence-electron chi connectivity index (χ3n) is 5.85. The van der Waals surface area contributed by atoms with Crippen molar-refractivity contribution in [3.63, 3.8) is 0 Å². The van der Waals surface area contributed by atoms with Gasteiger partial charge in [0.1, 0.15) is 5.82 Å². The second kappa shape index (κ2) is 8.39. The standard InChI is InChI=1S/C19H29N5O3/c25-10-5-20-19-21-16(15-4-11-27-13-15)12-17(22-19)23-6-8-24(9-7-23)18(26)14-2-1-3-14/h12,14-15,25H,1-11,13H2,(H,20,21,22)/t15-/m0/s1. The Morgan fingerprint density at radius 1 is 1.22 bits per heavy atom. The van der Waals surface area contributed by atoms with Crippen LogP contribution in [-0.2, 0) is 9.53 Å². The van der Waals surface area contributed by atoms with Gasteiger partial charge in [0.05, 0.1) is 18.9 Å². The minimum absolute atomic E-state index is 0.0391. The van der Waals surface area contributed by atoms with Crippen LogP contribution >= 0.6 is 0 Å². The Balaban J connectivity index is 1.45. The molecule has 1 aromatic heterocycles. The summed E-state index contributed by atoms with van der Waals surface area (Å²) >= 11 is 0. The van der Waals surface area contributed by atoms with E-state index in [0.29, 0.717) is 30.9 Å². The number of carbonyl (C=O) groups is 1. The molecule has 2 saturated heterocycles. The monoisotopic (exact) mass is 375 g/mol. The summed E-state index contributed by atoms with van der Waals surface area (Å²) in [5, 5.41) is 12.2. The van der Waals surface area contributed by atoms with E-state index in [1.807, 2.05) is 4.90 Å². The van der Waals surface area contributed by atoms with E-state index in [2.05, 4.69) is 26.3 Å². The number of ether oxygens (including phenoxy) is 1. The van der Waals surface area contributed by atoms with Gasteiger partial charge in [0, 0.05) is 57.2 Å². The van der Waals surface area contributed by atoms with Gasteiger partial charge in [0.25, 0.3) is 0 Å². The fourth-order valence-corrected chi connectivity index (χ4v) is 3.91. The largest absolute Gasteiger partial charge is 0.395 e. The summed E-state index contributed by atoms with van der Waals surface area (Å²) < 4.78 is 5.52. The number of nitrogens with one attached hydrogen (secondary N) is 1. The molecular formula is C19H29N5O3. The average molecular weight is 375 g/mol. The minimum atomic E-state index is 0.0391. The number of hydrogen-bond donors (Lipinski definition) is 2. The van der Waals surface area contributed by atoms with Crippen molar-refractivity contribution in [3.05, 3.63) is 11.8 Å². The third-order valence-corrected chi connectivity index (χ3v) is 5.85. The molecule has 2 aliphatic heterocycles. The molecule has 1 saturated carbocycles. The molecule has 0 aromatic carbocycles. The summed E-state index contributed by atoms with van der Waals surface area (Å²) in [6.07, 6.45) is 4.27. The van der Waals surface area contributed by atoms with Crippen molar-refractivity contribution < 1.29 is 14.6 Å². The highest BCUT2D eigenvalue weighted by Gasteiger charge is 2.31. The Labute approximate surface area is 159 Å². The molecule has 27 heavy (non-hydrogen) atoms. The van der Waals surface area contributed by atoms with E-state index in [0.717, 1.165) is 63.6 Å². The number of hydrogen-bond acceptors (Lipinski definition) is 7. The molecule has 3 aliphatic rings. The van der Waals surface area contributed by atoms with Gasteiger partial charge in [-0.15, -0.1) is 0 Å². The summed E-state index contributed by atoms with van der Waals surface area (Å²) in [7, 11) is 0. The van der Waals surface area contributed by atoms with Crippen molar-refractivity contribution in [2.24, 2.45) is 5.92 Å². The summed E-state index contributed by atoms with van der Waals surface area (Å²) in [5.41, 5.74) is 0.992. The number of aliphatic hydroxyl groups excluding tert-OH is 1. The van der Waals surface area contributed by atoms with Crippen molar-refractivity contribution in [1.29, 1.82) is 0 Å². The smallest absolute Gasteiger partial charge is 0.225 e. The van der Waals surface area contributed by atoms with Gasteiger partial charge >= 0.3 is 0 Å². The van der Waals surface area contributed by atoms with Crippen LogP contribution < -0.4 is 10.2 Å². The maximum atomic E-state index is 12.5. The number of amides is 1. The minimum Gasteiger partial charge on any atom is -0.395 e. The predicted molar refractivity (Wildman–Crippen MR) is 102 cm³/mol. The number of carbonyl (C=O) groups excluding carboxylic acids is 1. The van der Waals surface area contributed by atoms with E-state index in [1.165, 1.54) is 6.42 Å². The molecule has 3 heterocycles. The molecule has 1 atom stereocenters. The van der Waals surface area contributed by atoms with E-state index in [-0.39, 0.29) is 12.5 Å². The van der Waals surface area contributed by atoms with Crippen molar-refractivity contribution in [2.75, 3.05) is 62.8 Å². The van der Waals surface area contributed by atoms with Crippen LogP contribution in [0.3, 0.4) is 0 Å². The molecule has 3 fully saturated rings. The molecule has 2 N–H and O–H groups in total. The fraction of sp³-hybridized carbons (Fsp3) is 0.737. The van der Waals surface area contributed by atoms with E-state index in [4.69, 9.17) is 9.84 Å². The van der Waals surface area contributed by atoms with Gasteiger partial charge in [-0.1, -0.05) is 6.42 Å². The number of aliphatic hydroxyl groups is 1. The van der Waals surface area contributed by atoms with Crippen LogP contribution in [0.5, 0.6) is 0 Å². The van der Waals surface area contributed by atoms with E-state index >= 15 is 0 Å². The quantitative estimate of drug-likeness (QED) is 0.761.